The Morgan fingerprint density at radius 3 is 2.74 bits per heavy atom. The number of aromatic nitrogens is 3. The smallest absolute Gasteiger partial charge is 0.213 e. The molecule has 1 aromatic carbocycles. The summed E-state index contributed by atoms with van der Waals surface area (Å²) in [6.07, 6.45) is 0. The van der Waals surface area contributed by atoms with E-state index in [1.54, 1.807) is 16.0 Å². The molecule has 0 saturated heterocycles. The van der Waals surface area contributed by atoms with Gasteiger partial charge in [-0.15, -0.1) is 0 Å². The van der Waals surface area contributed by atoms with Crippen molar-refractivity contribution in [1.29, 1.82) is 0 Å². The Bertz CT molecular complexity index is 739. The Kier molecular flexibility index (Phi) is 2.78. The van der Waals surface area contributed by atoms with Crippen LogP contribution in [0, 0.1) is 6.92 Å². The minimum Gasteiger partial charge on any atom is -0.383 e. The third kappa shape index (κ3) is 2.00. The molecule has 3 aromatic rings. The van der Waals surface area contributed by atoms with E-state index in [0.29, 0.717) is 11.7 Å². The van der Waals surface area contributed by atoms with Gasteiger partial charge in [-0.2, -0.15) is 9.78 Å². The van der Waals surface area contributed by atoms with Gasteiger partial charge in [0.15, 0.2) is 0 Å². The molecule has 2 N–H and O–H groups in total. The molecule has 0 bridgehead atoms. The van der Waals surface area contributed by atoms with E-state index in [2.05, 4.69) is 37.1 Å². The fraction of sp³-hybridized carbons (Fsp3) is 0.286. The van der Waals surface area contributed by atoms with Crippen molar-refractivity contribution in [1.82, 2.24) is 14.8 Å². The van der Waals surface area contributed by atoms with Crippen molar-refractivity contribution >= 4 is 27.4 Å². The third-order valence-electron chi connectivity index (χ3n) is 3.10. The third-order valence-corrected chi connectivity index (χ3v) is 4.10. The number of hydrogen-bond donors (Lipinski definition) is 1. The minimum absolute atomic E-state index is 0.454. The highest BCUT2D eigenvalue weighted by Gasteiger charge is 2.13. The first-order valence-corrected chi connectivity index (χ1v) is 7.10. The summed E-state index contributed by atoms with van der Waals surface area (Å²) in [4.78, 5) is 4.72. The van der Waals surface area contributed by atoms with Crippen LogP contribution < -0.4 is 5.73 Å². The van der Waals surface area contributed by atoms with Crippen molar-refractivity contribution in [2.24, 2.45) is 0 Å². The van der Waals surface area contributed by atoms with Gasteiger partial charge in [0.05, 0.1) is 15.9 Å². The molecule has 19 heavy (non-hydrogen) atoms. The molecule has 0 aliphatic carbocycles. The monoisotopic (exact) mass is 272 g/mol. The highest BCUT2D eigenvalue weighted by atomic mass is 32.1. The number of benzene rings is 1. The summed E-state index contributed by atoms with van der Waals surface area (Å²) in [5, 5.41) is 5.22. The molecule has 0 aliphatic heterocycles. The van der Waals surface area contributed by atoms with Gasteiger partial charge in [-0.3, -0.25) is 0 Å². The molecule has 0 spiro atoms. The molecule has 0 atom stereocenters. The predicted molar refractivity (Wildman–Crippen MR) is 80.0 cm³/mol. The maximum atomic E-state index is 5.96. The van der Waals surface area contributed by atoms with Crippen LogP contribution >= 0.6 is 11.3 Å². The Morgan fingerprint density at radius 1 is 1.32 bits per heavy atom. The molecule has 2 aromatic heterocycles. The molecular formula is C14H16N4S. The standard InChI is InChI=1S/C14H16N4S/c1-8(2)10-5-4-6-11-13(10)16-14(19-11)18-12(15)7-9(3)17-18/h4-8H,15H2,1-3H3. The number of rotatable bonds is 2. The number of fused-ring (bicyclic) bond motifs is 1. The van der Waals surface area contributed by atoms with Crippen LogP contribution in [0.15, 0.2) is 24.3 Å². The predicted octanol–water partition coefficient (Wildman–Crippen LogP) is 3.50. The van der Waals surface area contributed by atoms with Crippen LogP contribution in [0.4, 0.5) is 5.82 Å². The Hall–Kier alpha value is -1.88. The lowest BCUT2D eigenvalue weighted by Gasteiger charge is -2.04. The van der Waals surface area contributed by atoms with E-state index in [-0.39, 0.29) is 0 Å². The van der Waals surface area contributed by atoms with E-state index in [4.69, 9.17) is 10.7 Å². The van der Waals surface area contributed by atoms with E-state index in [1.165, 1.54) is 10.3 Å². The van der Waals surface area contributed by atoms with E-state index >= 15 is 0 Å². The van der Waals surface area contributed by atoms with Crippen molar-refractivity contribution in [3.8, 4) is 5.13 Å². The van der Waals surface area contributed by atoms with Gasteiger partial charge in [-0.05, 0) is 24.5 Å². The topological polar surface area (TPSA) is 56.7 Å². The second kappa shape index (κ2) is 4.35. The van der Waals surface area contributed by atoms with E-state index < -0.39 is 0 Å². The van der Waals surface area contributed by atoms with Gasteiger partial charge in [-0.25, -0.2) is 4.98 Å². The van der Waals surface area contributed by atoms with Gasteiger partial charge in [0.1, 0.15) is 5.82 Å². The molecule has 3 rings (SSSR count). The first-order chi connectivity index (χ1) is 9.06. The number of nitrogen functional groups attached to an aromatic ring is 1. The highest BCUT2D eigenvalue weighted by molar-refractivity contribution is 7.20. The van der Waals surface area contributed by atoms with Crippen LogP contribution in [0.1, 0.15) is 31.0 Å². The Balaban J connectivity index is 2.22. The van der Waals surface area contributed by atoms with Crippen LogP contribution in [-0.2, 0) is 0 Å². The van der Waals surface area contributed by atoms with Crippen LogP contribution in [0.5, 0.6) is 0 Å². The SMILES string of the molecule is Cc1cc(N)n(-c2nc3c(C(C)C)cccc3s2)n1. The molecule has 2 heterocycles. The Labute approximate surface area is 115 Å². The van der Waals surface area contributed by atoms with Crippen LogP contribution in [0.3, 0.4) is 0 Å². The van der Waals surface area contributed by atoms with Crippen molar-refractivity contribution in [2.75, 3.05) is 5.73 Å². The summed E-state index contributed by atoms with van der Waals surface area (Å²) in [5.74, 6) is 1.08. The fourth-order valence-corrected chi connectivity index (χ4v) is 3.16. The zero-order valence-corrected chi connectivity index (χ0v) is 12.0. The molecule has 0 aliphatic rings. The molecule has 98 valence electrons. The normalized spacial score (nSPS) is 11.6. The van der Waals surface area contributed by atoms with Gasteiger partial charge < -0.3 is 5.73 Å². The van der Waals surface area contributed by atoms with Gasteiger partial charge in [0.25, 0.3) is 0 Å². The molecular weight excluding hydrogens is 256 g/mol. The summed E-state index contributed by atoms with van der Waals surface area (Å²) < 4.78 is 2.89. The second-order valence-corrected chi connectivity index (χ2v) is 5.98. The van der Waals surface area contributed by atoms with Gasteiger partial charge in [-0.1, -0.05) is 37.3 Å². The number of thiazole rings is 1. The van der Waals surface area contributed by atoms with Crippen LogP contribution in [-0.4, -0.2) is 14.8 Å². The van der Waals surface area contributed by atoms with Crippen molar-refractivity contribution < 1.29 is 0 Å². The van der Waals surface area contributed by atoms with Crippen molar-refractivity contribution in [2.45, 2.75) is 26.7 Å². The van der Waals surface area contributed by atoms with Gasteiger partial charge in [0.2, 0.25) is 5.13 Å². The lowest BCUT2D eigenvalue weighted by Crippen LogP contribution is -2.01. The molecule has 0 saturated carbocycles. The maximum Gasteiger partial charge on any atom is 0.213 e. The fourth-order valence-electron chi connectivity index (χ4n) is 2.19. The van der Waals surface area contributed by atoms with E-state index in [9.17, 15) is 0 Å². The van der Waals surface area contributed by atoms with Crippen molar-refractivity contribution in [3.63, 3.8) is 0 Å². The van der Waals surface area contributed by atoms with Gasteiger partial charge >= 0.3 is 0 Å². The molecule has 0 unspecified atom stereocenters. The lowest BCUT2D eigenvalue weighted by atomic mass is 10.0. The van der Waals surface area contributed by atoms with Crippen molar-refractivity contribution in [3.05, 3.63) is 35.5 Å². The molecule has 0 radical (unpaired) electrons. The summed E-state index contributed by atoms with van der Waals surface area (Å²) in [6.45, 7) is 6.29. The highest BCUT2D eigenvalue weighted by Crippen LogP contribution is 2.31. The first kappa shape index (κ1) is 12.2. The number of nitrogens with zero attached hydrogens (tertiary/aromatic N) is 3. The average molecular weight is 272 g/mol. The summed E-state index contributed by atoms with van der Waals surface area (Å²) >= 11 is 1.62. The lowest BCUT2D eigenvalue weighted by molar-refractivity contribution is 0.856. The Morgan fingerprint density at radius 2 is 2.11 bits per heavy atom. The average Bonchev–Trinajstić information content (AvgIpc) is 2.91. The summed E-state index contributed by atoms with van der Waals surface area (Å²) in [7, 11) is 0. The largest absolute Gasteiger partial charge is 0.383 e. The van der Waals surface area contributed by atoms with Gasteiger partial charge in [0, 0.05) is 6.07 Å². The first-order valence-electron chi connectivity index (χ1n) is 6.28. The molecule has 4 nitrogen and oxygen atoms in total. The summed E-state index contributed by atoms with van der Waals surface area (Å²) in [5.41, 5.74) is 9.19. The summed E-state index contributed by atoms with van der Waals surface area (Å²) in [6, 6.07) is 8.16. The number of anilines is 1. The molecule has 5 heteroatoms. The number of nitrogens with two attached hydrogens (primary N) is 1. The maximum absolute atomic E-state index is 5.96. The second-order valence-electron chi connectivity index (χ2n) is 4.97. The minimum atomic E-state index is 0.454. The molecule has 0 amide bonds. The zero-order valence-electron chi connectivity index (χ0n) is 11.2. The van der Waals surface area contributed by atoms with Crippen LogP contribution in [0.2, 0.25) is 0 Å². The molecule has 0 fully saturated rings. The van der Waals surface area contributed by atoms with E-state index in [0.717, 1.165) is 16.3 Å². The zero-order chi connectivity index (χ0) is 13.6. The number of para-hydroxylation sites is 1. The van der Waals surface area contributed by atoms with E-state index in [1.807, 2.05) is 13.0 Å². The number of hydrogen-bond acceptors (Lipinski definition) is 4. The number of aryl methyl sites for hydroxylation is 1. The van der Waals surface area contributed by atoms with Crippen LogP contribution in [0.25, 0.3) is 15.3 Å². The quantitative estimate of drug-likeness (QED) is 0.776.